The van der Waals surface area contributed by atoms with E-state index in [1.165, 1.54) is 11.1 Å². The van der Waals surface area contributed by atoms with Crippen LogP contribution in [0.3, 0.4) is 0 Å². The van der Waals surface area contributed by atoms with E-state index in [0.717, 1.165) is 29.8 Å². The number of nitrogens with one attached hydrogen (secondary N) is 1. The van der Waals surface area contributed by atoms with Crippen LogP contribution in [0.4, 0.5) is 11.4 Å². The Morgan fingerprint density at radius 3 is 2.77 bits per heavy atom. The second-order valence-corrected chi connectivity index (χ2v) is 8.38. The molecule has 0 spiro atoms. The number of nitrogens with zero attached hydrogens (tertiary/aromatic N) is 1. The van der Waals surface area contributed by atoms with Gasteiger partial charge in [0.1, 0.15) is 0 Å². The lowest BCUT2D eigenvalue weighted by molar-refractivity contribution is 0.373. The van der Waals surface area contributed by atoms with E-state index in [2.05, 4.69) is 78.9 Å². The van der Waals surface area contributed by atoms with E-state index in [1.807, 2.05) is 12.1 Å². The van der Waals surface area contributed by atoms with Gasteiger partial charge in [-0.15, -0.1) is 0 Å². The number of methoxy groups -OCH3 is 1. The lowest BCUT2D eigenvalue weighted by Gasteiger charge is -2.24. The molecule has 3 aromatic carbocycles. The maximum Gasteiger partial charge on any atom is 0.160 e. The molecule has 2 N–H and O–H groups in total. The molecule has 0 saturated carbocycles. The number of hydrogen-bond donors (Lipinski definition) is 2. The maximum absolute atomic E-state index is 9.81. The predicted molar refractivity (Wildman–Crippen MR) is 128 cm³/mol. The number of phenolic OH excluding ortho intramolecular Hbond substituents is 1. The van der Waals surface area contributed by atoms with Gasteiger partial charge in [0.05, 0.1) is 12.8 Å². The summed E-state index contributed by atoms with van der Waals surface area (Å²) in [6.45, 7) is 4.47. The Morgan fingerprint density at radius 2 is 1.94 bits per heavy atom. The smallest absolute Gasteiger partial charge is 0.160 e. The molecule has 0 bridgehead atoms. The third kappa shape index (κ3) is 4.74. The minimum Gasteiger partial charge on any atom is -0.504 e. The standard InChI is InChI=1S/C27H30N2O2/c1-18(15-20-11-12-26(30)27(16-20)31-3)29-22-8-6-7-21(17-22)23-13-14-28-25-10-5-4-9-24(25)19(23)2/h4-12,14,16-19,23,29-30H,13,15H2,1-3H3. The first-order valence-corrected chi connectivity index (χ1v) is 10.9. The first-order chi connectivity index (χ1) is 15.0. The Kier molecular flexibility index (Phi) is 6.26. The molecule has 3 atom stereocenters. The van der Waals surface area contributed by atoms with Crippen LogP contribution < -0.4 is 10.1 Å². The van der Waals surface area contributed by atoms with Crippen molar-refractivity contribution in [1.29, 1.82) is 0 Å². The van der Waals surface area contributed by atoms with Gasteiger partial charge in [0.15, 0.2) is 11.5 Å². The normalized spacial score (nSPS) is 18.7. The van der Waals surface area contributed by atoms with Gasteiger partial charge in [-0.25, -0.2) is 0 Å². The molecule has 0 fully saturated rings. The summed E-state index contributed by atoms with van der Waals surface area (Å²) < 4.78 is 5.23. The predicted octanol–water partition coefficient (Wildman–Crippen LogP) is 6.44. The van der Waals surface area contributed by atoms with Crippen molar-refractivity contribution < 1.29 is 9.84 Å². The largest absolute Gasteiger partial charge is 0.504 e. The minimum atomic E-state index is 0.169. The van der Waals surface area contributed by atoms with Gasteiger partial charge in [-0.05, 0) is 78.6 Å². The molecule has 0 amide bonds. The van der Waals surface area contributed by atoms with Crippen LogP contribution >= 0.6 is 0 Å². The van der Waals surface area contributed by atoms with Crippen LogP contribution in [0.2, 0.25) is 0 Å². The third-order valence-corrected chi connectivity index (χ3v) is 6.13. The molecule has 0 aliphatic carbocycles. The van der Waals surface area contributed by atoms with Gasteiger partial charge in [0.25, 0.3) is 0 Å². The number of hydrogen-bond acceptors (Lipinski definition) is 4. The summed E-state index contributed by atoms with van der Waals surface area (Å²) in [5.41, 5.74) is 5.98. The quantitative estimate of drug-likeness (QED) is 0.488. The highest BCUT2D eigenvalue weighted by molar-refractivity contribution is 5.69. The number of phenols is 1. The highest BCUT2D eigenvalue weighted by Crippen LogP contribution is 2.41. The third-order valence-electron chi connectivity index (χ3n) is 6.13. The molecule has 31 heavy (non-hydrogen) atoms. The van der Waals surface area contributed by atoms with E-state index in [4.69, 9.17) is 4.74 Å². The number of fused-ring (bicyclic) bond motifs is 1. The fourth-order valence-electron chi connectivity index (χ4n) is 4.50. The number of anilines is 1. The minimum absolute atomic E-state index is 0.169. The highest BCUT2D eigenvalue weighted by Gasteiger charge is 2.24. The molecule has 1 aliphatic rings. The average Bonchev–Trinajstić information content (AvgIpc) is 2.94. The van der Waals surface area contributed by atoms with Gasteiger partial charge >= 0.3 is 0 Å². The molecule has 0 saturated heterocycles. The van der Waals surface area contributed by atoms with Crippen LogP contribution in [0.25, 0.3) is 0 Å². The number of benzene rings is 3. The molecular weight excluding hydrogens is 384 g/mol. The Hall–Kier alpha value is -3.27. The summed E-state index contributed by atoms with van der Waals surface area (Å²) >= 11 is 0. The molecule has 1 heterocycles. The topological polar surface area (TPSA) is 53.8 Å². The van der Waals surface area contributed by atoms with Gasteiger partial charge < -0.3 is 15.2 Å². The number of rotatable bonds is 6. The fourth-order valence-corrected chi connectivity index (χ4v) is 4.50. The lowest BCUT2D eigenvalue weighted by atomic mass is 9.81. The lowest BCUT2D eigenvalue weighted by Crippen LogP contribution is -2.18. The van der Waals surface area contributed by atoms with Gasteiger partial charge in [-0.2, -0.15) is 0 Å². The van der Waals surface area contributed by atoms with Gasteiger partial charge in [0, 0.05) is 17.9 Å². The SMILES string of the molecule is COc1cc(CC(C)Nc2cccc(C3CC=Nc4ccccc4C3C)c2)ccc1O. The van der Waals surface area contributed by atoms with Crippen LogP contribution in [0.15, 0.2) is 71.7 Å². The van der Waals surface area contributed by atoms with Crippen molar-refractivity contribution in [3.8, 4) is 11.5 Å². The Labute approximate surface area is 184 Å². The van der Waals surface area contributed by atoms with Crippen molar-refractivity contribution in [2.45, 2.75) is 44.6 Å². The van der Waals surface area contributed by atoms with E-state index in [1.54, 1.807) is 13.2 Å². The first-order valence-electron chi connectivity index (χ1n) is 10.9. The molecule has 0 radical (unpaired) electrons. The van der Waals surface area contributed by atoms with Gasteiger partial charge in [0.2, 0.25) is 0 Å². The van der Waals surface area contributed by atoms with E-state index in [-0.39, 0.29) is 11.8 Å². The first kappa shape index (κ1) is 21.0. The van der Waals surface area contributed by atoms with Gasteiger partial charge in [-0.3, -0.25) is 4.99 Å². The van der Waals surface area contributed by atoms with Crippen molar-refractivity contribution in [2.75, 3.05) is 12.4 Å². The number of ether oxygens (including phenoxy) is 1. The molecule has 0 aromatic heterocycles. The summed E-state index contributed by atoms with van der Waals surface area (Å²) in [6.07, 6.45) is 3.83. The van der Waals surface area contributed by atoms with Crippen LogP contribution in [0.1, 0.15) is 48.8 Å². The van der Waals surface area contributed by atoms with Gasteiger partial charge in [-0.1, -0.05) is 43.3 Å². The molecule has 3 unspecified atom stereocenters. The zero-order chi connectivity index (χ0) is 21.8. The molecule has 3 aromatic rings. The summed E-state index contributed by atoms with van der Waals surface area (Å²) in [6, 6.07) is 23.0. The van der Waals surface area contributed by atoms with Crippen molar-refractivity contribution in [1.82, 2.24) is 0 Å². The van der Waals surface area contributed by atoms with Crippen molar-refractivity contribution in [3.63, 3.8) is 0 Å². The Bertz CT molecular complexity index is 1080. The van der Waals surface area contributed by atoms with E-state index in [9.17, 15) is 5.11 Å². The monoisotopic (exact) mass is 414 g/mol. The summed E-state index contributed by atoms with van der Waals surface area (Å²) in [5, 5.41) is 13.4. The number of aromatic hydroxyl groups is 1. The number of para-hydroxylation sites is 1. The maximum atomic E-state index is 9.81. The highest BCUT2D eigenvalue weighted by atomic mass is 16.5. The summed E-state index contributed by atoms with van der Waals surface area (Å²) in [4.78, 5) is 4.68. The molecule has 4 heteroatoms. The van der Waals surface area contributed by atoms with Crippen molar-refractivity contribution >= 4 is 17.6 Å². The molecule has 4 nitrogen and oxygen atoms in total. The summed E-state index contributed by atoms with van der Waals surface area (Å²) in [7, 11) is 1.57. The van der Waals surface area contributed by atoms with E-state index < -0.39 is 0 Å². The zero-order valence-electron chi connectivity index (χ0n) is 18.4. The fraction of sp³-hybridized carbons (Fsp3) is 0.296. The molecule has 1 aliphatic heterocycles. The van der Waals surface area contributed by atoms with E-state index in [0.29, 0.717) is 17.6 Å². The van der Waals surface area contributed by atoms with Crippen LogP contribution in [0.5, 0.6) is 11.5 Å². The summed E-state index contributed by atoms with van der Waals surface area (Å²) in [5.74, 6) is 1.47. The zero-order valence-corrected chi connectivity index (χ0v) is 18.4. The van der Waals surface area contributed by atoms with Crippen molar-refractivity contribution in [2.24, 2.45) is 4.99 Å². The second-order valence-electron chi connectivity index (χ2n) is 8.38. The van der Waals surface area contributed by atoms with Crippen LogP contribution in [-0.4, -0.2) is 24.5 Å². The Morgan fingerprint density at radius 1 is 1.10 bits per heavy atom. The van der Waals surface area contributed by atoms with Crippen molar-refractivity contribution in [3.05, 3.63) is 83.4 Å². The van der Waals surface area contributed by atoms with Crippen LogP contribution in [0, 0.1) is 0 Å². The van der Waals surface area contributed by atoms with E-state index >= 15 is 0 Å². The van der Waals surface area contributed by atoms with Crippen LogP contribution in [-0.2, 0) is 6.42 Å². The molecular formula is C27H30N2O2. The molecule has 160 valence electrons. The Balaban J connectivity index is 1.49. The molecule has 4 rings (SSSR count). The second kappa shape index (κ2) is 9.25. The number of aliphatic imine (C=N–C) groups is 1. The average molecular weight is 415 g/mol.